The highest BCUT2D eigenvalue weighted by molar-refractivity contribution is 7.92. The van der Waals surface area contributed by atoms with Gasteiger partial charge in [-0.25, -0.2) is 8.42 Å². The Morgan fingerprint density at radius 1 is 0.973 bits per heavy atom. The van der Waals surface area contributed by atoms with Crippen LogP contribution in [0.4, 0.5) is 5.69 Å². The summed E-state index contributed by atoms with van der Waals surface area (Å²) in [5.74, 6) is -0.572. The molecule has 1 N–H and O–H groups in total. The highest BCUT2D eigenvalue weighted by atomic mass is 32.2. The Labute approximate surface area is 218 Å². The molecule has 196 valence electrons. The smallest absolute Gasteiger partial charge is 0.264 e. The normalized spacial score (nSPS) is 11.9. The molecular weight excluding hydrogens is 490 g/mol. The average Bonchev–Trinajstić information content (AvgIpc) is 2.90. The van der Waals surface area contributed by atoms with Gasteiger partial charge in [-0.3, -0.25) is 13.9 Å². The zero-order chi connectivity index (χ0) is 27.2. The van der Waals surface area contributed by atoms with E-state index in [-0.39, 0.29) is 23.0 Å². The van der Waals surface area contributed by atoms with Gasteiger partial charge in [-0.1, -0.05) is 48.5 Å². The molecule has 9 heteroatoms. The minimum atomic E-state index is -4.16. The second kappa shape index (κ2) is 11.9. The molecule has 0 aliphatic heterocycles. The molecule has 3 aromatic rings. The van der Waals surface area contributed by atoms with Crippen LogP contribution in [0.3, 0.4) is 0 Å². The minimum absolute atomic E-state index is 0.0381. The third kappa shape index (κ3) is 6.29. The van der Waals surface area contributed by atoms with Gasteiger partial charge >= 0.3 is 0 Å². The number of nitrogens with one attached hydrogen (secondary N) is 1. The van der Waals surface area contributed by atoms with E-state index < -0.39 is 28.5 Å². The number of sulfonamides is 1. The van der Waals surface area contributed by atoms with Crippen molar-refractivity contribution in [2.45, 2.75) is 38.3 Å². The molecule has 1 atom stereocenters. The molecular formula is C28H33N3O5S. The van der Waals surface area contributed by atoms with Gasteiger partial charge in [0.1, 0.15) is 18.3 Å². The Morgan fingerprint density at radius 2 is 1.62 bits per heavy atom. The maximum atomic E-state index is 13.9. The number of ether oxygens (including phenoxy) is 1. The lowest BCUT2D eigenvalue weighted by Crippen LogP contribution is -2.50. The molecule has 0 aromatic heterocycles. The first-order valence-corrected chi connectivity index (χ1v) is 13.3. The van der Waals surface area contributed by atoms with Crippen LogP contribution in [0.5, 0.6) is 5.75 Å². The first kappa shape index (κ1) is 27.7. The van der Waals surface area contributed by atoms with Crippen LogP contribution in [0.1, 0.15) is 23.6 Å². The number of likely N-dealkylation sites (N-methyl/N-ethyl adjacent to an activating group) is 1. The Bertz CT molecular complexity index is 1360. The van der Waals surface area contributed by atoms with E-state index in [1.54, 1.807) is 43.3 Å². The van der Waals surface area contributed by atoms with Crippen molar-refractivity contribution >= 4 is 27.5 Å². The number of hydrogen-bond acceptors (Lipinski definition) is 5. The molecule has 37 heavy (non-hydrogen) atoms. The van der Waals surface area contributed by atoms with Gasteiger partial charge in [-0.05, 0) is 61.7 Å². The predicted octanol–water partition coefficient (Wildman–Crippen LogP) is 3.67. The van der Waals surface area contributed by atoms with E-state index >= 15 is 0 Å². The van der Waals surface area contributed by atoms with Crippen molar-refractivity contribution in [3.05, 3.63) is 89.5 Å². The van der Waals surface area contributed by atoms with Crippen molar-refractivity contribution in [1.29, 1.82) is 0 Å². The minimum Gasteiger partial charge on any atom is -0.495 e. The Balaban J connectivity index is 2.11. The van der Waals surface area contributed by atoms with Gasteiger partial charge in [0.05, 0.1) is 17.7 Å². The largest absolute Gasteiger partial charge is 0.495 e. The summed E-state index contributed by atoms with van der Waals surface area (Å²) in [5.41, 5.74) is 2.85. The topological polar surface area (TPSA) is 96.0 Å². The molecule has 0 saturated carbocycles. The summed E-state index contributed by atoms with van der Waals surface area (Å²) in [5, 5.41) is 2.58. The highest BCUT2D eigenvalue weighted by Gasteiger charge is 2.33. The van der Waals surface area contributed by atoms with Crippen molar-refractivity contribution in [1.82, 2.24) is 10.2 Å². The number of anilines is 1. The third-order valence-corrected chi connectivity index (χ3v) is 8.00. The molecule has 3 aromatic carbocycles. The summed E-state index contributed by atoms with van der Waals surface area (Å²) in [7, 11) is -1.21. The van der Waals surface area contributed by atoms with Crippen molar-refractivity contribution in [2.75, 3.05) is 25.0 Å². The second-order valence-electron chi connectivity index (χ2n) is 8.74. The molecule has 3 rings (SSSR count). The SMILES string of the molecule is CNC(=O)[C@@H](C)N(Cc1ccccc1C)C(=O)CN(c1cc(C)ccc1OC)S(=O)(=O)c1ccccc1. The van der Waals surface area contributed by atoms with E-state index in [4.69, 9.17) is 4.74 Å². The van der Waals surface area contributed by atoms with E-state index in [0.29, 0.717) is 5.75 Å². The second-order valence-corrected chi connectivity index (χ2v) is 10.6. The Hall–Kier alpha value is -3.85. The lowest BCUT2D eigenvalue weighted by Gasteiger charge is -2.32. The standard InChI is InChI=1S/C28H33N3O5S/c1-20-15-16-26(36-5)25(17-20)31(37(34,35)24-13-7-6-8-14-24)19-27(32)30(22(3)28(33)29-4)18-23-12-10-9-11-21(23)2/h6-17,22H,18-19H2,1-5H3,(H,29,33)/t22-/m1/s1. The first-order valence-electron chi connectivity index (χ1n) is 11.9. The average molecular weight is 524 g/mol. The van der Waals surface area contributed by atoms with Crippen LogP contribution in [0.25, 0.3) is 0 Å². The van der Waals surface area contributed by atoms with Gasteiger partial charge < -0.3 is 15.0 Å². The lowest BCUT2D eigenvalue weighted by atomic mass is 10.1. The summed E-state index contributed by atoms with van der Waals surface area (Å²) in [6.45, 7) is 5.00. The first-order chi connectivity index (χ1) is 17.6. The number of carbonyl (C=O) groups is 2. The van der Waals surface area contributed by atoms with Crippen molar-refractivity contribution in [3.8, 4) is 5.75 Å². The molecule has 0 fully saturated rings. The fraction of sp³-hybridized carbons (Fsp3) is 0.286. The number of benzene rings is 3. The van der Waals surface area contributed by atoms with Crippen LogP contribution in [0.2, 0.25) is 0 Å². The summed E-state index contributed by atoms with van der Waals surface area (Å²) >= 11 is 0. The summed E-state index contributed by atoms with van der Waals surface area (Å²) in [6.07, 6.45) is 0. The van der Waals surface area contributed by atoms with E-state index in [1.807, 2.05) is 38.1 Å². The number of nitrogens with zero attached hydrogens (tertiary/aromatic N) is 2. The fourth-order valence-corrected chi connectivity index (χ4v) is 5.43. The van der Waals surface area contributed by atoms with Crippen LogP contribution in [0.15, 0.2) is 77.7 Å². The van der Waals surface area contributed by atoms with Crippen LogP contribution in [-0.2, 0) is 26.2 Å². The molecule has 0 unspecified atom stereocenters. The molecule has 0 saturated heterocycles. The summed E-state index contributed by atoms with van der Waals surface area (Å²) in [4.78, 5) is 27.9. The van der Waals surface area contributed by atoms with Crippen LogP contribution >= 0.6 is 0 Å². The molecule has 0 aliphatic rings. The maximum absolute atomic E-state index is 13.9. The fourth-order valence-electron chi connectivity index (χ4n) is 3.99. The maximum Gasteiger partial charge on any atom is 0.264 e. The third-order valence-electron chi connectivity index (χ3n) is 6.23. The molecule has 0 spiro atoms. The Kier molecular flexibility index (Phi) is 8.94. The molecule has 0 bridgehead atoms. The molecule has 0 aliphatic carbocycles. The van der Waals surface area contributed by atoms with E-state index in [0.717, 1.165) is 21.0 Å². The van der Waals surface area contributed by atoms with Crippen molar-refractivity contribution < 1.29 is 22.7 Å². The van der Waals surface area contributed by atoms with Gasteiger partial charge in [0.2, 0.25) is 11.8 Å². The van der Waals surface area contributed by atoms with Gasteiger partial charge in [0.15, 0.2) is 0 Å². The molecule has 0 radical (unpaired) electrons. The Morgan fingerprint density at radius 3 is 2.24 bits per heavy atom. The lowest BCUT2D eigenvalue weighted by molar-refractivity contribution is -0.139. The van der Waals surface area contributed by atoms with E-state index in [1.165, 1.54) is 31.2 Å². The highest BCUT2D eigenvalue weighted by Crippen LogP contribution is 2.33. The van der Waals surface area contributed by atoms with Gasteiger partial charge in [0, 0.05) is 13.6 Å². The van der Waals surface area contributed by atoms with Gasteiger partial charge in [-0.2, -0.15) is 0 Å². The zero-order valence-electron chi connectivity index (χ0n) is 21.8. The molecule has 2 amide bonds. The van der Waals surface area contributed by atoms with Crippen molar-refractivity contribution in [2.24, 2.45) is 0 Å². The predicted molar refractivity (Wildman–Crippen MR) is 144 cm³/mol. The van der Waals surface area contributed by atoms with Crippen molar-refractivity contribution in [3.63, 3.8) is 0 Å². The van der Waals surface area contributed by atoms with Gasteiger partial charge in [-0.15, -0.1) is 0 Å². The zero-order valence-corrected chi connectivity index (χ0v) is 22.6. The number of hydrogen-bond donors (Lipinski definition) is 1. The number of aryl methyl sites for hydroxylation is 2. The molecule has 8 nitrogen and oxygen atoms in total. The van der Waals surface area contributed by atoms with Crippen LogP contribution in [0, 0.1) is 13.8 Å². The van der Waals surface area contributed by atoms with Crippen LogP contribution in [-0.4, -0.2) is 51.9 Å². The van der Waals surface area contributed by atoms with E-state index in [9.17, 15) is 18.0 Å². The number of amides is 2. The summed E-state index contributed by atoms with van der Waals surface area (Å²) in [6, 6.07) is 19.8. The number of methoxy groups -OCH3 is 1. The van der Waals surface area contributed by atoms with E-state index in [2.05, 4.69) is 5.32 Å². The number of rotatable bonds is 10. The molecule has 0 heterocycles. The summed E-state index contributed by atoms with van der Waals surface area (Å²) < 4.78 is 34.3. The monoisotopic (exact) mass is 523 g/mol. The number of carbonyl (C=O) groups excluding carboxylic acids is 2. The quantitative estimate of drug-likeness (QED) is 0.438. The van der Waals surface area contributed by atoms with Gasteiger partial charge in [0.25, 0.3) is 10.0 Å². The van der Waals surface area contributed by atoms with Crippen LogP contribution < -0.4 is 14.4 Å².